The number of nitrogens with one attached hydrogen (secondary N) is 1. The Morgan fingerprint density at radius 2 is 1.96 bits per heavy atom. The zero-order valence-corrected chi connectivity index (χ0v) is 14.4. The summed E-state index contributed by atoms with van der Waals surface area (Å²) in [4.78, 5) is 0. The molecule has 7 nitrogen and oxygen atoms in total. The molecule has 128 valence electrons. The van der Waals surface area contributed by atoms with Crippen LogP contribution in [0.25, 0.3) is 11.4 Å². The summed E-state index contributed by atoms with van der Waals surface area (Å²) in [5.41, 5.74) is 1.50. The monoisotopic (exact) mass is 356 g/mol. The van der Waals surface area contributed by atoms with Gasteiger partial charge in [-0.1, -0.05) is 12.1 Å². The molecule has 0 bridgehead atoms. The quantitative estimate of drug-likeness (QED) is 0.542. The molecule has 0 unspecified atom stereocenters. The third-order valence-corrected chi connectivity index (χ3v) is 3.75. The summed E-state index contributed by atoms with van der Waals surface area (Å²) in [5.74, 6) is 1.90. The fourth-order valence-corrected chi connectivity index (χ4v) is 2.47. The molecule has 2 aromatic carbocycles. The second-order valence-electron chi connectivity index (χ2n) is 5.07. The van der Waals surface area contributed by atoms with Gasteiger partial charge in [0.2, 0.25) is 4.77 Å². The fraction of sp³-hybridized carbons (Fsp3) is 0.118. The molecular weight excluding hydrogens is 340 g/mol. The van der Waals surface area contributed by atoms with E-state index in [1.54, 1.807) is 50.8 Å². The summed E-state index contributed by atoms with van der Waals surface area (Å²) in [7, 11) is 3.14. The number of ether oxygens (including phenoxy) is 2. The predicted octanol–water partition coefficient (Wildman–Crippen LogP) is 3.21. The molecule has 0 saturated heterocycles. The molecule has 0 saturated carbocycles. The van der Waals surface area contributed by atoms with Crippen molar-refractivity contribution in [2.24, 2.45) is 5.10 Å². The number of phenols is 1. The van der Waals surface area contributed by atoms with Crippen molar-refractivity contribution in [1.29, 1.82) is 0 Å². The highest BCUT2D eigenvalue weighted by Crippen LogP contribution is 2.31. The first-order valence-corrected chi connectivity index (χ1v) is 7.76. The van der Waals surface area contributed by atoms with Crippen LogP contribution >= 0.6 is 12.2 Å². The largest absolute Gasteiger partial charge is 0.508 e. The highest BCUT2D eigenvalue weighted by molar-refractivity contribution is 7.71. The second kappa shape index (κ2) is 7.18. The van der Waals surface area contributed by atoms with Gasteiger partial charge in [-0.05, 0) is 48.1 Å². The Hall–Kier alpha value is -3.13. The molecule has 2 N–H and O–H groups in total. The zero-order valence-electron chi connectivity index (χ0n) is 13.6. The van der Waals surface area contributed by atoms with Crippen molar-refractivity contribution in [3.05, 3.63) is 52.8 Å². The summed E-state index contributed by atoms with van der Waals surface area (Å²) in [5, 5.41) is 20.9. The molecule has 3 aromatic rings. The molecule has 0 spiro atoms. The lowest BCUT2D eigenvalue weighted by Gasteiger charge is -2.09. The number of aromatic nitrogens is 3. The molecule has 0 amide bonds. The molecule has 0 fully saturated rings. The minimum atomic E-state index is 0.167. The van der Waals surface area contributed by atoms with Crippen molar-refractivity contribution in [2.45, 2.75) is 0 Å². The normalized spacial score (nSPS) is 11.0. The third kappa shape index (κ3) is 3.53. The van der Waals surface area contributed by atoms with Crippen molar-refractivity contribution in [3.8, 4) is 28.6 Å². The first kappa shape index (κ1) is 16.7. The molecule has 1 heterocycles. The number of aromatic hydroxyl groups is 1. The van der Waals surface area contributed by atoms with Crippen molar-refractivity contribution in [3.63, 3.8) is 0 Å². The number of rotatable bonds is 5. The number of aromatic amines is 1. The van der Waals surface area contributed by atoms with Gasteiger partial charge in [0.15, 0.2) is 17.3 Å². The van der Waals surface area contributed by atoms with Crippen LogP contribution in [0.4, 0.5) is 0 Å². The topological polar surface area (TPSA) is 84.7 Å². The molecule has 0 aliphatic rings. The van der Waals surface area contributed by atoms with Gasteiger partial charge in [-0.3, -0.25) is 0 Å². The average molecular weight is 356 g/mol. The summed E-state index contributed by atoms with van der Waals surface area (Å²) in [6, 6.07) is 12.2. The lowest BCUT2D eigenvalue weighted by molar-refractivity contribution is 0.355. The smallest absolute Gasteiger partial charge is 0.216 e. The number of H-pyrrole nitrogens is 1. The van der Waals surface area contributed by atoms with E-state index in [1.807, 2.05) is 12.1 Å². The van der Waals surface area contributed by atoms with Crippen LogP contribution in [-0.4, -0.2) is 40.4 Å². The van der Waals surface area contributed by atoms with Crippen molar-refractivity contribution < 1.29 is 14.6 Å². The van der Waals surface area contributed by atoms with Gasteiger partial charge in [-0.25, -0.2) is 5.10 Å². The molecule has 0 aliphatic carbocycles. The Morgan fingerprint density at radius 1 is 1.16 bits per heavy atom. The number of benzene rings is 2. The van der Waals surface area contributed by atoms with Crippen LogP contribution in [0.2, 0.25) is 0 Å². The second-order valence-corrected chi connectivity index (χ2v) is 5.46. The van der Waals surface area contributed by atoms with Gasteiger partial charge >= 0.3 is 0 Å². The van der Waals surface area contributed by atoms with Gasteiger partial charge in [-0.15, -0.1) is 0 Å². The average Bonchev–Trinajstić information content (AvgIpc) is 3.00. The van der Waals surface area contributed by atoms with Gasteiger partial charge in [0.05, 0.1) is 20.4 Å². The Kier molecular flexibility index (Phi) is 4.80. The van der Waals surface area contributed by atoms with Crippen LogP contribution in [0.1, 0.15) is 5.56 Å². The van der Waals surface area contributed by atoms with Crippen LogP contribution in [0.5, 0.6) is 17.2 Å². The SMILES string of the molecule is COc1ccc(-c2n[nH]c(=S)n2/N=C/c2cccc(O)c2)cc1OC. The minimum Gasteiger partial charge on any atom is -0.508 e. The van der Waals surface area contributed by atoms with E-state index in [0.717, 1.165) is 11.1 Å². The molecule has 0 aliphatic heterocycles. The summed E-state index contributed by atoms with van der Waals surface area (Å²) < 4.78 is 12.4. The highest BCUT2D eigenvalue weighted by atomic mass is 32.1. The van der Waals surface area contributed by atoms with Gasteiger partial charge in [-0.2, -0.15) is 14.9 Å². The number of phenolic OH excluding ortho intramolecular Hbond substituents is 1. The first-order valence-electron chi connectivity index (χ1n) is 7.35. The Morgan fingerprint density at radius 3 is 2.68 bits per heavy atom. The Bertz CT molecular complexity index is 978. The lowest BCUT2D eigenvalue weighted by Crippen LogP contribution is -1.96. The number of nitrogens with zero attached hydrogens (tertiary/aromatic N) is 3. The van der Waals surface area contributed by atoms with Gasteiger partial charge < -0.3 is 14.6 Å². The molecule has 1 aromatic heterocycles. The zero-order chi connectivity index (χ0) is 17.8. The molecular formula is C17H16N4O3S. The predicted molar refractivity (Wildman–Crippen MR) is 97.1 cm³/mol. The minimum absolute atomic E-state index is 0.167. The molecule has 8 heteroatoms. The maximum absolute atomic E-state index is 9.53. The maximum Gasteiger partial charge on any atom is 0.216 e. The van der Waals surface area contributed by atoms with E-state index in [2.05, 4.69) is 15.3 Å². The number of methoxy groups -OCH3 is 2. The van der Waals surface area contributed by atoms with Crippen LogP contribution in [0, 0.1) is 4.77 Å². The summed E-state index contributed by atoms with van der Waals surface area (Å²) in [6.07, 6.45) is 1.59. The van der Waals surface area contributed by atoms with Gasteiger partial charge in [0.1, 0.15) is 5.75 Å². The molecule has 25 heavy (non-hydrogen) atoms. The van der Waals surface area contributed by atoms with E-state index in [-0.39, 0.29) is 5.75 Å². The fourth-order valence-electron chi connectivity index (χ4n) is 2.29. The summed E-state index contributed by atoms with van der Waals surface area (Å²) in [6.45, 7) is 0. The number of hydrogen-bond acceptors (Lipinski definition) is 6. The number of hydrogen-bond donors (Lipinski definition) is 2. The highest BCUT2D eigenvalue weighted by Gasteiger charge is 2.12. The van der Waals surface area contributed by atoms with E-state index in [4.69, 9.17) is 21.7 Å². The maximum atomic E-state index is 9.53. The van der Waals surface area contributed by atoms with Crippen LogP contribution in [0.3, 0.4) is 0 Å². The molecule has 3 rings (SSSR count). The van der Waals surface area contributed by atoms with E-state index in [1.165, 1.54) is 4.68 Å². The van der Waals surface area contributed by atoms with E-state index < -0.39 is 0 Å². The molecule has 0 atom stereocenters. The van der Waals surface area contributed by atoms with Gasteiger partial charge in [0, 0.05) is 5.56 Å². The van der Waals surface area contributed by atoms with Crippen molar-refractivity contribution in [1.82, 2.24) is 14.9 Å². The van der Waals surface area contributed by atoms with Crippen LogP contribution in [0.15, 0.2) is 47.6 Å². The van der Waals surface area contributed by atoms with E-state index >= 15 is 0 Å². The molecule has 0 radical (unpaired) electrons. The summed E-state index contributed by atoms with van der Waals surface area (Å²) >= 11 is 5.25. The first-order chi connectivity index (χ1) is 12.1. The van der Waals surface area contributed by atoms with Crippen molar-refractivity contribution in [2.75, 3.05) is 14.2 Å². The third-order valence-electron chi connectivity index (χ3n) is 3.48. The Balaban J connectivity index is 2.01. The standard InChI is InChI=1S/C17H16N4O3S/c1-23-14-7-6-12(9-15(14)24-2)16-19-20-17(25)21(16)18-10-11-4-3-5-13(22)8-11/h3-10,22H,1-2H3,(H,20,25)/b18-10+. The van der Waals surface area contributed by atoms with E-state index in [0.29, 0.717) is 22.1 Å². The van der Waals surface area contributed by atoms with Crippen LogP contribution < -0.4 is 9.47 Å². The van der Waals surface area contributed by atoms with Crippen molar-refractivity contribution >= 4 is 18.4 Å². The van der Waals surface area contributed by atoms with E-state index in [9.17, 15) is 5.11 Å². The van der Waals surface area contributed by atoms with Crippen LogP contribution in [-0.2, 0) is 0 Å². The lowest BCUT2D eigenvalue weighted by atomic mass is 10.2. The Labute approximate surface area is 149 Å². The van der Waals surface area contributed by atoms with Gasteiger partial charge in [0.25, 0.3) is 0 Å².